The van der Waals surface area contributed by atoms with Crippen LogP contribution in [0.4, 0.5) is 0 Å². The standard InChI is InChI=1S/C17H28/c1-6-14(4)17-12-8-11-16(15(17)5)10-7-9-13(2)3/h7,9-10,14,17H,6,8,11-12H2,1-5H3/b10-7-. The Labute approximate surface area is 108 Å². The van der Waals surface area contributed by atoms with Gasteiger partial charge in [-0.25, -0.2) is 0 Å². The van der Waals surface area contributed by atoms with Crippen molar-refractivity contribution in [2.75, 3.05) is 0 Å². The molecule has 0 saturated heterocycles. The third-order valence-corrected chi connectivity index (χ3v) is 4.08. The molecular formula is C17H28. The molecule has 0 aromatic carbocycles. The lowest BCUT2D eigenvalue weighted by Gasteiger charge is -2.30. The molecule has 0 heteroatoms. The molecule has 0 heterocycles. The first-order valence-corrected chi connectivity index (χ1v) is 7.07. The first-order chi connectivity index (χ1) is 8.06. The van der Waals surface area contributed by atoms with Gasteiger partial charge < -0.3 is 0 Å². The van der Waals surface area contributed by atoms with Gasteiger partial charge in [-0.1, -0.05) is 49.6 Å². The van der Waals surface area contributed by atoms with Gasteiger partial charge in [0.25, 0.3) is 0 Å². The molecule has 0 amide bonds. The summed E-state index contributed by atoms with van der Waals surface area (Å²) in [5.41, 5.74) is 4.59. The van der Waals surface area contributed by atoms with Crippen molar-refractivity contribution in [2.45, 2.75) is 60.3 Å². The summed E-state index contributed by atoms with van der Waals surface area (Å²) in [5.74, 6) is 1.65. The van der Waals surface area contributed by atoms with Crippen molar-refractivity contribution in [2.24, 2.45) is 11.8 Å². The lowest BCUT2D eigenvalue weighted by Crippen LogP contribution is -2.17. The van der Waals surface area contributed by atoms with Crippen molar-refractivity contribution < 1.29 is 0 Å². The van der Waals surface area contributed by atoms with Crippen LogP contribution in [0.25, 0.3) is 0 Å². The Kier molecular flexibility index (Phi) is 5.74. The van der Waals surface area contributed by atoms with E-state index in [0.29, 0.717) is 0 Å². The number of hydrogen-bond donors (Lipinski definition) is 0. The van der Waals surface area contributed by atoms with Gasteiger partial charge in [0.05, 0.1) is 0 Å². The van der Waals surface area contributed by atoms with Gasteiger partial charge in [0.2, 0.25) is 0 Å². The molecular weight excluding hydrogens is 204 g/mol. The largest absolute Gasteiger partial charge is 0.0764 e. The molecule has 0 aliphatic heterocycles. The molecule has 96 valence electrons. The third kappa shape index (κ3) is 4.18. The maximum absolute atomic E-state index is 2.40. The second-order valence-corrected chi connectivity index (χ2v) is 5.70. The van der Waals surface area contributed by atoms with E-state index in [2.05, 4.69) is 52.8 Å². The van der Waals surface area contributed by atoms with Gasteiger partial charge >= 0.3 is 0 Å². The van der Waals surface area contributed by atoms with Crippen LogP contribution in [0, 0.1) is 11.8 Å². The highest BCUT2D eigenvalue weighted by Gasteiger charge is 2.22. The summed E-state index contributed by atoms with van der Waals surface area (Å²) >= 11 is 0. The Morgan fingerprint density at radius 2 is 2.12 bits per heavy atom. The van der Waals surface area contributed by atoms with Crippen LogP contribution in [-0.4, -0.2) is 0 Å². The molecule has 0 radical (unpaired) electrons. The van der Waals surface area contributed by atoms with Crippen molar-refractivity contribution >= 4 is 0 Å². The zero-order valence-electron chi connectivity index (χ0n) is 12.2. The quantitative estimate of drug-likeness (QED) is 0.548. The minimum Gasteiger partial charge on any atom is -0.0764 e. The van der Waals surface area contributed by atoms with Crippen LogP contribution in [0.15, 0.2) is 34.9 Å². The molecule has 0 aromatic heterocycles. The van der Waals surface area contributed by atoms with Crippen molar-refractivity contribution in [1.29, 1.82) is 0 Å². The van der Waals surface area contributed by atoms with Gasteiger partial charge in [-0.3, -0.25) is 0 Å². The molecule has 1 aliphatic carbocycles. The molecule has 1 aliphatic rings. The van der Waals surface area contributed by atoms with Crippen LogP contribution in [0.3, 0.4) is 0 Å². The highest BCUT2D eigenvalue weighted by atomic mass is 14.3. The summed E-state index contributed by atoms with van der Waals surface area (Å²) in [4.78, 5) is 0. The number of rotatable bonds is 4. The second kappa shape index (κ2) is 6.83. The molecule has 0 fully saturated rings. The maximum Gasteiger partial charge on any atom is -0.0174 e. The molecule has 0 N–H and O–H groups in total. The van der Waals surface area contributed by atoms with Crippen LogP contribution in [-0.2, 0) is 0 Å². The lowest BCUT2D eigenvalue weighted by atomic mass is 9.76. The molecule has 1 rings (SSSR count). The Morgan fingerprint density at radius 1 is 1.41 bits per heavy atom. The van der Waals surface area contributed by atoms with E-state index in [-0.39, 0.29) is 0 Å². The van der Waals surface area contributed by atoms with E-state index >= 15 is 0 Å². The molecule has 0 aromatic rings. The Hall–Kier alpha value is -0.780. The molecule has 2 unspecified atom stereocenters. The van der Waals surface area contributed by atoms with Gasteiger partial charge in [-0.05, 0) is 57.4 Å². The fraction of sp³-hybridized carbons (Fsp3) is 0.647. The summed E-state index contributed by atoms with van der Waals surface area (Å²) in [6.07, 6.45) is 12.1. The molecule has 0 spiro atoms. The van der Waals surface area contributed by atoms with Gasteiger partial charge in [-0.2, -0.15) is 0 Å². The van der Waals surface area contributed by atoms with E-state index in [1.165, 1.54) is 31.3 Å². The van der Waals surface area contributed by atoms with Crippen LogP contribution in [0.1, 0.15) is 60.3 Å². The van der Waals surface area contributed by atoms with Crippen molar-refractivity contribution in [1.82, 2.24) is 0 Å². The third-order valence-electron chi connectivity index (χ3n) is 4.08. The number of allylic oxidation sites excluding steroid dienone is 6. The molecule has 17 heavy (non-hydrogen) atoms. The lowest BCUT2D eigenvalue weighted by molar-refractivity contribution is 0.352. The first-order valence-electron chi connectivity index (χ1n) is 7.07. The average molecular weight is 232 g/mol. The highest BCUT2D eigenvalue weighted by molar-refractivity contribution is 5.31. The van der Waals surface area contributed by atoms with Gasteiger partial charge in [0, 0.05) is 0 Å². The molecule has 0 bridgehead atoms. The van der Waals surface area contributed by atoms with Gasteiger partial charge in [-0.15, -0.1) is 0 Å². The zero-order chi connectivity index (χ0) is 12.8. The number of hydrogen-bond acceptors (Lipinski definition) is 0. The zero-order valence-corrected chi connectivity index (χ0v) is 12.2. The van der Waals surface area contributed by atoms with E-state index in [1.54, 1.807) is 11.1 Å². The van der Waals surface area contributed by atoms with Crippen molar-refractivity contribution in [3.05, 3.63) is 34.9 Å². The van der Waals surface area contributed by atoms with E-state index in [1.807, 2.05) is 0 Å². The summed E-state index contributed by atoms with van der Waals surface area (Å²) in [7, 11) is 0. The Bertz CT molecular complexity index is 324. The topological polar surface area (TPSA) is 0 Å². The smallest absolute Gasteiger partial charge is 0.0174 e. The first kappa shape index (κ1) is 14.3. The fourth-order valence-electron chi connectivity index (χ4n) is 2.73. The summed E-state index contributed by atoms with van der Waals surface area (Å²) in [5, 5.41) is 0. The van der Waals surface area contributed by atoms with Gasteiger partial charge in [0.1, 0.15) is 0 Å². The van der Waals surface area contributed by atoms with E-state index in [0.717, 1.165) is 11.8 Å². The van der Waals surface area contributed by atoms with Crippen LogP contribution in [0.2, 0.25) is 0 Å². The van der Waals surface area contributed by atoms with E-state index in [4.69, 9.17) is 0 Å². The van der Waals surface area contributed by atoms with Crippen molar-refractivity contribution in [3.8, 4) is 0 Å². The van der Waals surface area contributed by atoms with Crippen LogP contribution in [0.5, 0.6) is 0 Å². The normalized spacial score (nSPS) is 23.0. The van der Waals surface area contributed by atoms with Gasteiger partial charge in [0.15, 0.2) is 0 Å². The maximum atomic E-state index is 2.40. The molecule has 2 atom stereocenters. The van der Waals surface area contributed by atoms with E-state index in [9.17, 15) is 0 Å². The Balaban J connectivity index is 2.82. The van der Waals surface area contributed by atoms with Crippen LogP contribution >= 0.6 is 0 Å². The summed E-state index contributed by atoms with van der Waals surface area (Å²) < 4.78 is 0. The van der Waals surface area contributed by atoms with Crippen molar-refractivity contribution in [3.63, 3.8) is 0 Å². The minimum atomic E-state index is 0.820. The molecule has 0 saturated carbocycles. The second-order valence-electron chi connectivity index (χ2n) is 5.70. The highest BCUT2D eigenvalue weighted by Crippen LogP contribution is 2.36. The molecule has 0 nitrogen and oxygen atoms in total. The Morgan fingerprint density at radius 3 is 2.71 bits per heavy atom. The monoisotopic (exact) mass is 232 g/mol. The predicted molar refractivity (Wildman–Crippen MR) is 78.1 cm³/mol. The summed E-state index contributed by atoms with van der Waals surface area (Å²) in [6.45, 7) is 11.4. The van der Waals surface area contributed by atoms with Crippen LogP contribution < -0.4 is 0 Å². The fourth-order valence-corrected chi connectivity index (χ4v) is 2.73. The summed E-state index contributed by atoms with van der Waals surface area (Å²) in [6, 6.07) is 0. The van der Waals surface area contributed by atoms with E-state index < -0.39 is 0 Å². The average Bonchev–Trinajstić information content (AvgIpc) is 2.30. The minimum absolute atomic E-state index is 0.820. The SMILES string of the molecule is CCC(C)C1CCCC(/C=C\C=C(C)C)=C1C. The predicted octanol–water partition coefficient (Wildman–Crippen LogP) is 5.67.